The molecule has 0 aliphatic rings. The largest absolute Gasteiger partial charge is 0.452 e. The molecule has 0 spiro atoms. The van der Waals surface area contributed by atoms with E-state index < -0.39 is 29.4 Å². The van der Waals surface area contributed by atoms with Gasteiger partial charge in [0.2, 0.25) is 0 Å². The number of amides is 1. The van der Waals surface area contributed by atoms with E-state index in [1.165, 1.54) is 24.3 Å². The summed E-state index contributed by atoms with van der Waals surface area (Å²) in [5.41, 5.74) is 1.93. The standard InChI is InChI=1S/C24H20N2O5/c27-22(17-31-23(28)16-15-18-9-7-8-14-21(18)26(29)30)25-24(19-10-3-1-4-11-19)20-12-5-2-6-13-20/h1-16,24H,17H2,(H,25,27). The number of rotatable bonds is 8. The van der Waals surface area contributed by atoms with Crippen molar-refractivity contribution >= 4 is 23.6 Å². The predicted molar refractivity (Wildman–Crippen MR) is 116 cm³/mol. The fraction of sp³-hybridized carbons (Fsp3) is 0.0833. The highest BCUT2D eigenvalue weighted by Gasteiger charge is 2.17. The molecule has 31 heavy (non-hydrogen) atoms. The van der Waals surface area contributed by atoms with Crippen molar-refractivity contribution in [2.24, 2.45) is 0 Å². The smallest absolute Gasteiger partial charge is 0.331 e. The monoisotopic (exact) mass is 416 g/mol. The molecule has 0 unspecified atom stereocenters. The van der Waals surface area contributed by atoms with Gasteiger partial charge < -0.3 is 10.1 Å². The summed E-state index contributed by atoms with van der Waals surface area (Å²) < 4.78 is 4.99. The lowest BCUT2D eigenvalue weighted by Crippen LogP contribution is -2.32. The third kappa shape index (κ3) is 6.11. The van der Waals surface area contributed by atoms with Crippen molar-refractivity contribution in [2.45, 2.75) is 6.04 Å². The van der Waals surface area contributed by atoms with Crippen molar-refractivity contribution in [1.82, 2.24) is 5.32 Å². The zero-order valence-corrected chi connectivity index (χ0v) is 16.5. The molecule has 1 N–H and O–H groups in total. The highest BCUT2D eigenvalue weighted by molar-refractivity contribution is 5.90. The van der Waals surface area contributed by atoms with Gasteiger partial charge in [-0.2, -0.15) is 0 Å². The number of nitro groups is 1. The lowest BCUT2D eigenvalue weighted by atomic mass is 9.99. The second-order valence-corrected chi connectivity index (χ2v) is 6.58. The van der Waals surface area contributed by atoms with Crippen LogP contribution in [0.25, 0.3) is 6.08 Å². The molecule has 0 saturated carbocycles. The zero-order valence-electron chi connectivity index (χ0n) is 16.5. The summed E-state index contributed by atoms with van der Waals surface area (Å²) in [6.45, 7) is -0.476. The normalized spacial score (nSPS) is 10.7. The van der Waals surface area contributed by atoms with E-state index in [1.54, 1.807) is 6.07 Å². The van der Waals surface area contributed by atoms with Crippen LogP contribution in [0.1, 0.15) is 22.7 Å². The summed E-state index contributed by atoms with van der Waals surface area (Å²) in [6, 6.07) is 24.5. The molecule has 0 fully saturated rings. The van der Waals surface area contributed by atoms with Crippen molar-refractivity contribution < 1.29 is 19.2 Å². The highest BCUT2D eigenvalue weighted by atomic mass is 16.6. The first-order chi connectivity index (χ1) is 15.0. The van der Waals surface area contributed by atoms with Gasteiger partial charge in [-0.3, -0.25) is 14.9 Å². The fourth-order valence-corrected chi connectivity index (χ4v) is 2.99. The fourth-order valence-electron chi connectivity index (χ4n) is 2.99. The number of hydrogen-bond acceptors (Lipinski definition) is 5. The maximum absolute atomic E-state index is 12.4. The summed E-state index contributed by atoms with van der Waals surface area (Å²) in [5.74, 6) is -1.24. The van der Waals surface area contributed by atoms with Crippen molar-refractivity contribution in [1.29, 1.82) is 0 Å². The van der Waals surface area contributed by atoms with Crippen LogP contribution in [-0.2, 0) is 14.3 Å². The number of esters is 1. The molecule has 0 aliphatic carbocycles. The lowest BCUT2D eigenvalue weighted by Gasteiger charge is -2.19. The van der Waals surface area contributed by atoms with E-state index >= 15 is 0 Å². The van der Waals surface area contributed by atoms with Crippen molar-refractivity contribution in [3.8, 4) is 0 Å². The van der Waals surface area contributed by atoms with Gasteiger partial charge in [0.05, 0.1) is 16.5 Å². The minimum absolute atomic E-state index is 0.127. The third-order valence-electron chi connectivity index (χ3n) is 4.45. The molecule has 1 amide bonds. The second kappa shape index (κ2) is 10.5. The van der Waals surface area contributed by atoms with E-state index in [1.807, 2.05) is 60.7 Å². The van der Waals surface area contributed by atoms with Crippen molar-refractivity contribution in [2.75, 3.05) is 6.61 Å². The van der Waals surface area contributed by atoms with Gasteiger partial charge >= 0.3 is 5.97 Å². The van der Waals surface area contributed by atoms with Crippen LogP contribution in [0.2, 0.25) is 0 Å². The summed E-state index contributed by atoms with van der Waals surface area (Å²) in [5, 5.41) is 13.9. The SMILES string of the molecule is O=C(COC(=O)C=Cc1ccccc1[N+](=O)[O-])NC(c1ccccc1)c1ccccc1. The minimum atomic E-state index is -0.774. The molecular formula is C24H20N2O5. The Morgan fingerprint density at radius 3 is 2.03 bits per heavy atom. The van der Waals surface area contributed by atoms with Gasteiger partial charge in [0.1, 0.15) is 0 Å². The first kappa shape index (κ1) is 21.4. The van der Waals surface area contributed by atoms with Gasteiger partial charge in [0.25, 0.3) is 11.6 Å². The molecule has 3 aromatic rings. The molecule has 3 aromatic carbocycles. The van der Waals surface area contributed by atoms with Crippen LogP contribution < -0.4 is 5.32 Å². The number of ether oxygens (including phenoxy) is 1. The topological polar surface area (TPSA) is 98.5 Å². The van der Waals surface area contributed by atoms with Gasteiger partial charge in [-0.1, -0.05) is 72.8 Å². The Bertz CT molecular complexity index is 1040. The maximum Gasteiger partial charge on any atom is 0.331 e. The van der Waals surface area contributed by atoms with Gasteiger partial charge in [0.15, 0.2) is 6.61 Å². The molecule has 0 heterocycles. The number of nitro benzene ring substituents is 1. The summed E-state index contributed by atoms with van der Waals surface area (Å²) in [4.78, 5) is 34.9. The van der Waals surface area contributed by atoms with Crippen LogP contribution in [0.15, 0.2) is 91.0 Å². The molecule has 7 nitrogen and oxygen atoms in total. The zero-order chi connectivity index (χ0) is 22.1. The Balaban J connectivity index is 1.62. The Labute approximate surface area is 179 Å². The summed E-state index contributed by atoms with van der Waals surface area (Å²) >= 11 is 0. The van der Waals surface area contributed by atoms with E-state index in [0.717, 1.165) is 17.2 Å². The van der Waals surface area contributed by atoms with E-state index in [2.05, 4.69) is 5.32 Å². The number of benzene rings is 3. The highest BCUT2D eigenvalue weighted by Crippen LogP contribution is 2.22. The Hall–Kier alpha value is -4.26. The average Bonchev–Trinajstić information content (AvgIpc) is 2.81. The minimum Gasteiger partial charge on any atom is -0.452 e. The quantitative estimate of drug-likeness (QED) is 0.258. The number of hydrogen-bond donors (Lipinski definition) is 1. The van der Waals surface area contributed by atoms with E-state index in [-0.39, 0.29) is 11.3 Å². The Morgan fingerprint density at radius 1 is 0.903 bits per heavy atom. The molecule has 0 aliphatic heterocycles. The third-order valence-corrected chi connectivity index (χ3v) is 4.45. The molecule has 0 atom stereocenters. The number of nitrogens with zero attached hydrogens (tertiary/aromatic N) is 1. The molecule has 0 aromatic heterocycles. The number of carbonyl (C=O) groups is 2. The number of nitrogens with one attached hydrogen (secondary N) is 1. The molecule has 0 bridgehead atoms. The van der Waals surface area contributed by atoms with E-state index in [9.17, 15) is 19.7 Å². The van der Waals surface area contributed by atoms with E-state index in [0.29, 0.717) is 0 Å². The average molecular weight is 416 g/mol. The molecule has 0 saturated heterocycles. The van der Waals surface area contributed by atoms with Crippen LogP contribution in [0, 0.1) is 10.1 Å². The van der Waals surface area contributed by atoms with Gasteiger partial charge in [-0.05, 0) is 23.3 Å². The number of para-hydroxylation sites is 1. The van der Waals surface area contributed by atoms with Crippen LogP contribution in [0.4, 0.5) is 5.69 Å². The van der Waals surface area contributed by atoms with Gasteiger partial charge in [-0.15, -0.1) is 0 Å². The number of carbonyl (C=O) groups excluding carboxylic acids is 2. The van der Waals surface area contributed by atoms with Crippen LogP contribution in [0.5, 0.6) is 0 Å². The van der Waals surface area contributed by atoms with E-state index in [4.69, 9.17) is 4.74 Å². The molecule has 7 heteroatoms. The van der Waals surface area contributed by atoms with Crippen molar-refractivity contribution in [3.63, 3.8) is 0 Å². The molecule has 156 valence electrons. The van der Waals surface area contributed by atoms with Gasteiger partial charge in [0, 0.05) is 12.1 Å². The summed E-state index contributed by atoms with van der Waals surface area (Å²) in [6.07, 6.45) is 2.34. The molecular weight excluding hydrogens is 396 g/mol. The van der Waals surface area contributed by atoms with Crippen LogP contribution in [-0.4, -0.2) is 23.4 Å². The van der Waals surface area contributed by atoms with Crippen molar-refractivity contribution in [3.05, 3.63) is 118 Å². The molecule has 0 radical (unpaired) electrons. The van der Waals surface area contributed by atoms with Crippen LogP contribution >= 0.6 is 0 Å². The second-order valence-electron chi connectivity index (χ2n) is 6.58. The van der Waals surface area contributed by atoms with Crippen LogP contribution in [0.3, 0.4) is 0 Å². The molecule has 3 rings (SSSR count). The Morgan fingerprint density at radius 2 is 1.45 bits per heavy atom. The first-order valence-electron chi connectivity index (χ1n) is 9.52. The first-order valence-corrected chi connectivity index (χ1v) is 9.52. The lowest BCUT2D eigenvalue weighted by molar-refractivity contribution is -0.385. The Kier molecular flexibility index (Phi) is 7.26. The maximum atomic E-state index is 12.4. The predicted octanol–water partition coefficient (Wildman–Crippen LogP) is 4.06. The van der Waals surface area contributed by atoms with Gasteiger partial charge in [-0.25, -0.2) is 4.79 Å². The summed E-state index contributed by atoms with van der Waals surface area (Å²) in [7, 11) is 0.